The van der Waals surface area contributed by atoms with Crippen LogP contribution in [-0.2, 0) is 11.2 Å². The summed E-state index contributed by atoms with van der Waals surface area (Å²) in [6.45, 7) is 4.20. The van der Waals surface area contributed by atoms with Gasteiger partial charge in [-0.3, -0.25) is 9.78 Å². The third kappa shape index (κ3) is 8.22. The van der Waals surface area contributed by atoms with E-state index in [1.165, 1.54) is 5.56 Å². The largest absolute Gasteiger partial charge is 0.496 e. The maximum absolute atomic E-state index is 12.4. The van der Waals surface area contributed by atoms with Crippen molar-refractivity contribution >= 4 is 11.5 Å². The normalized spacial score (nSPS) is 12.6. The van der Waals surface area contributed by atoms with E-state index in [1.54, 1.807) is 26.5 Å². The van der Waals surface area contributed by atoms with Gasteiger partial charge >= 0.3 is 0 Å². The van der Waals surface area contributed by atoms with E-state index in [2.05, 4.69) is 23.3 Å². The molecule has 32 heavy (non-hydrogen) atoms. The van der Waals surface area contributed by atoms with E-state index in [0.717, 1.165) is 61.2 Å². The van der Waals surface area contributed by atoms with Gasteiger partial charge in [-0.25, -0.2) is 0 Å². The van der Waals surface area contributed by atoms with Crippen molar-refractivity contribution in [2.75, 3.05) is 14.2 Å². The fourth-order valence-electron chi connectivity index (χ4n) is 3.60. The number of aryl methyl sites for hydroxylation is 1. The molecule has 0 spiro atoms. The molecule has 0 aliphatic rings. The smallest absolute Gasteiger partial charge is 0.244 e. The average molecular weight is 437 g/mol. The number of nitrogens with zero attached hydrogens (tertiary/aromatic N) is 1. The molecule has 5 heteroatoms. The van der Waals surface area contributed by atoms with Crippen molar-refractivity contribution in [1.29, 1.82) is 0 Å². The Kier molecular flexibility index (Phi) is 11.1. The van der Waals surface area contributed by atoms with Gasteiger partial charge in [0.15, 0.2) is 0 Å². The van der Waals surface area contributed by atoms with Gasteiger partial charge in [0.2, 0.25) is 5.91 Å². The van der Waals surface area contributed by atoms with Crippen molar-refractivity contribution in [1.82, 2.24) is 10.3 Å². The van der Waals surface area contributed by atoms with Gasteiger partial charge in [-0.15, -0.1) is 0 Å². The number of allylic oxidation sites excluding steroid dienone is 3. The highest BCUT2D eigenvalue weighted by molar-refractivity contribution is 5.88. The molecule has 1 N–H and O–H groups in total. The van der Waals surface area contributed by atoms with E-state index >= 15 is 0 Å². The third-order valence-corrected chi connectivity index (χ3v) is 5.31. The first-order chi connectivity index (χ1) is 15.6. The van der Waals surface area contributed by atoms with Crippen LogP contribution < -0.4 is 14.8 Å². The number of ether oxygens (including phenoxy) is 2. The van der Waals surface area contributed by atoms with Gasteiger partial charge < -0.3 is 14.8 Å². The Bertz CT molecular complexity index is 869. The van der Waals surface area contributed by atoms with E-state index in [1.807, 2.05) is 49.5 Å². The SMILES string of the molecule is CCCC/C(=C\C=C\C(=O)N[C@H](C)CCCc1cccnc1)c1c(OC)cccc1OC. The standard InChI is InChI=1S/C27H36N2O3/c1-5-6-14-23(27-24(31-3)16-9-17-25(27)32-4)15-8-18-26(30)29-21(2)11-7-12-22-13-10-19-28-20-22/h8-10,13,15-21H,5-7,11-12,14H2,1-4H3,(H,29,30)/b18-8+,23-15+/t21-/m1/s1. The molecule has 1 aromatic heterocycles. The average Bonchev–Trinajstić information content (AvgIpc) is 2.81. The second kappa shape index (κ2) is 14.1. The topological polar surface area (TPSA) is 60.5 Å². The molecule has 0 aliphatic carbocycles. The lowest BCUT2D eigenvalue weighted by molar-refractivity contribution is -0.117. The zero-order valence-electron chi connectivity index (χ0n) is 19.8. The Labute approximate surface area is 192 Å². The maximum Gasteiger partial charge on any atom is 0.244 e. The number of amides is 1. The molecule has 2 rings (SSSR count). The molecule has 0 saturated heterocycles. The lowest BCUT2D eigenvalue weighted by atomic mass is 9.97. The molecule has 0 radical (unpaired) electrons. The first-order valence-corrected chi connectivity index (χ1v) is 11.4. The quantitative estimate of drug-likeness (QED) is 0.320. The van der Waals surface area contributed by atoms with E-state index in [9.17, 15) is 4.79 Å². The van der Waals surface area contributed by atoms with Crippen molar-refractivity contribution in [3.8, 4) is 11.5 Å². The van der Waals surface area contributed by atoms with Crippen LogP contribution in [0.15, 0.2) is 61.0 Å². The van der Waals surface area contributed by atoms with Crippen LogP contribution in [0.4, 0.5) is 0 Å². The van der Waals surface area contributed by atoms with Gasteiger partial charge in [0.05, 0.1) is 19.8 Å². The second-order valence-electron chi connectivity index (χ2n) is 7.86. The molecule has 0 aliphatic heterocycles. The summed E-state index contributed by atoms with van der Waals surface area (Å²) in [6.07, 6.45) is 15.0. The Hall–Kier alpha value is -3.08. The predicted octanol–water partition coefficient (Wildman–Crippen LogP) is 5.76. The number of benzene rings is 1. The van der Waals surface area contributed by atoms with E-state index in [4.69, 9.17) is 9.47 Å². The van der Waals surface area contributed by atoms with Crippen LogP contribution in [-0.4, -0.2) is 31.2 Å². The molecule has 0 bridgehead atoms. The van der Waals surface area contributed by atoms with Crippen LogP contribution >= 0.6 is 0 Å². The van der Waals surface area contributed by atoms with Crippen molar-refractivity contribution in [2.45, 2.75) is 58.4 Å². The summed E-state index contributed by atoms with van der Waals surface area (Å²) in [5.74, 6) is 1.45. The summed E-state index contributed by atoms with van der Waals surface area (Å²) in [7, 11) is 3.32. The molecule has 1 amide bonds. The Morgan fingerprint density at radius 1 is 1.12 bits per heavy atom. The van der Waals surface area contributed by atoms with Crippen LogP contribution in [0.1, 0.15) is 57.1 Å². The molecule has 1 heterocycles. The number of aromatic nitrogens is 1. The number of nitrogens with one attached hydrogen (secondary N) is 1. The number of pyridine rings is 1. The molecule has 0 fully saturated rings. The van der Waals surface area contributed by atoms with Gasteiger partial charge in [-0.05, 0) is 68.4 Å². The molecule has 2 aromatic rings. The van der Waals surface area contributed by atoms with Gasteiger partial charge in [0.25, 0.3) is 0 Å². The lowest BCUT2D eigenvalue weighted by Gasteiger charge is -2.16. The summed E-state index contributed by atoms with van der Waals surface area (Å²) in [5, 5.41) is 3.05. The number of hydrogen-bond acceptors (Lipinski definition) is 4. The first-order valence-electron chi connectivity index (χ1n) is 11.4. The number of carbonyl (C=O) groups is 1. The van der Waals surface area contributed by atoms with Gasteiger partial charge in [-0.1, -0.05) is 37.6 Å². The molecule has 1 aromatic carbocycles. The summed E-state index contributed by atoms with van der Waals surface area (Å²) in [6, 6.07) is 9.92. The van der Waals surface area contributed by atoms with Crippen molar-refractivity contribution in [3.63, 3.8) is 0 Å². The van der Waals surface area contributed by atoms with Gasteiger partial charge in [-0.2, -0.15) is 0 Å². The molecule has 5 nitrogen and oxygen atoms in total. The molecule has 0 saturated carbocycles. The third-order valence-electron chi connectivity index (χ3n) is 5.31. The summed E-state index contributed by atoms with van der Waals surface area (Å²) in [5.41, 5.74) is 3.26. The molecular weight excluding hydrogens is 400 g/mol. The van der Waals surface area contributed by atoms with Crippen molar-refractivity contribution < 1.29 is 14.3 Å². The number of unbranched alkanes of at least 4 members (excludes halogenated alkanes) is 1. The number of methoxy groups -OCH3 is 2. The van der Waals surface area contributed by atoms with Crippen molar-refractivity contribution in [3.05, 3.63) is 72.1 Å². The highest BCUT2D eigenvalue weighted by Crippen LogP contribution is 2.37. The molecule has 172 valence electrons. The van der Waals surface area contributed by atoms with E-state index in [0.29, 0.717) is 0 Å². The van der Waals surface area contributed by atoms with Crippen LogP contribution in [0, 0.1) is 0 Å². The fraction of sp³-hybridized carbons (Fsp3) is 0.407. The minimum absolute atomic E-state index is 0.0861. The van der Waals surface area contributed by atoms with Crippen LogP contribution in [0.5, 0.6) is 11.5 Å². The molecule has 1 atom stereocenters. The monoisotopic (exact) mass is 436 g/mol. The number of hydrogen-bond donors (Lipinski definition) is 1. The van der Waals surface area contributed by atoms with E-state index in [-0.39, 0.29) is 11.9 Å². The minimum atomic E-state index is -0.0861. The second-order valence-corrected chi connectivity index (χ2v) is 7.86. The zero-order valence-corrected chi connectivity index (χ0v) is 19.8. The maximum atomic E-state index is 12.4. The Morgan fingerprint density at radius 2 is 1.88 bits per heavy atom. The van der Waals surface area contributed by atoms with Crippen molar-refractivity contribution in [2.24, 2.45) is 0 Å². The highest BCUT2D eigenvalue weighted by Gasteiger charge is 2.14. The van der Waals surface area contributed by atoms with Crippen LogP contribution in [0.2, 0.25) is 0 Å². The van der Waals surface area contributed by atoms with Gasteiger partial charge in [0, 0.05) is 24.5 Å². The van der Waals surface area contributed by atoms with E-state index < -0.39 is 0 Å². The minimum Gasteiger partial charge on any atom is -0.496 e. The van der Waals surface area contributed by atoms with Crippen LogP contribution in [0.3, 0.4) is 0 Å². The summed E-state index contributed by atoms with van der Waals surface area (Å²) in [4.78, 5) is 16.5. The molecule has 0 unspecified atom stereocenters. The first kappa shape index (κ1) is 25.2. The number of rotatable bonds is 13. The Morgan fingerprint density at radius 3 is 2.50 bits per heavy atom. The fourth-order valence-corrected chi connectivity index (χ4v) is 3.60. The Balaban J connectivity index is 1.99. The predicted molar refractivity (Wildman–Crippen MR) is 131 cm³/mol. The number of carbonyl (C=O) groups excluding carboxylic acids is 1. The van der Waals surface area contributed by atoms with Crippen LogP contribution in [0.25, 0.3) is 5.57 Å². The summed E-state index contributed by atoms with van der Waals surface area (Å²) < 4.78 is 11.1. The van der Waals surface area contributed by atoms with Gasteiger partial charge in [0.1, 0.15) is 11.5 Å². The summed E-state index contributed by atoms with van der Waals surface area (Å²) >= 11 is 0. The lowest BCUT2D eigenvalue weighted by Crippen LogP contribution is -2.31. The molecular formula is C27H36N2O3. The zero-order chi connectivity index (χ0) is 23.2. The highest BCUT2D eigenvalue weighted by atomic mass is 16.5.